The molecule has 1 aromatic heterocycles. The molecular formula is C15H17BFNO2. The highest BCUT2D eigenvalue weighted by Gasteiger charge is 2.51. The van der Waals surface area contributed by atoms with E-state index in [9.17, 15) is 4.39 Å². The van der Waals surface area contributed by atoms with Gasteiger partial charge in [-0.05, 0) is 45.9 Å². The number of rotatable bonds is 1. The Balaban J connectivity index is 2.02. The maximum absolute atomic E-state index is 13.8. The number of aromatic nitrogens is 1. The second-order valence-electron chi connectivity index (χ2n) is 6.16. The van der Waals surface area contributed by atoms with E-state index in [4.69, 9.17) is 9.31 Å². The van der Waals surface area contributed by atoms with E-state index in [2.05, 4.69) is 4.98 Å². The summed E-state index contributed by atoms with van der Waals surface area (Å²) in [6, 6.07) is 6.61. The molecule has 104 valence electrons. The Kier molecular flexibility index (Phi) is 2.89. The highest BCUT2D eigenvalue weighted by Crippen LogP contribution is 2.36. The third-order valence-corrected chi connectivity index (χ3v) is 4.22. The van der Waals surface area contributed by atoms with E-state index in [-0.39, 0.29) is 5.82 Å². The Labute approximate surface area is 118 Å². The van der Waals surface area contributed by atoms with Gasteiger partial charge < -0.3 is 9.31 Å². The number of fused-ring (bicyclic) bond motifs is 1. The van der Waals surface area contributed by atoms with E-state index in [1.807, 2.05) is 27.7 Å². The van der Waals surface area contributed by atoms with Gasteiger partial charge in [-0.3, -0.25) is 4.98 Å². The minimum atomic E-state index is -0.517. The molecule has 0 N–H and O–H groups in total. The third kappa shape index (κ3) is 2.01. The van der Waals surface area contributed by atoms with Gasteiger partial charge in [-0.15, -0.1) is 0 Å². The van der Waals surface area contributed by atoms with Crippen LogP contribution >= 0.6 is 0 Å². The molecule has 0 amide bonds. The molecule has 20 heavy (non-hydrogen) atoms. The summed E-state index contributed by atoms with van der Waals surface area (Å²) in [7, 11) is -0.517. The van der Waals surface area contributed by atoms with Crippen LogP contribution in [0.5, 0.6) is 0 Å². The van der Waals surface area contributed by atoms with Crippen molar-refractivity contribution in [2.75, 3.05) is 0 Å². The summed E-state index contributed by atoms with van der Waals surface area (Å²) in [6.07, 6.45) is 1.68. The molecule has 1 aliphatic heterocycles. The molecule has 0 atom stereocenters. The first-order chi connectivity index (χ1) is 9.30. The third-order valence-electron chi connectivity index (χ3n) is 4.22. The Morgan fingerprint density at radius 1 is 1.10 bits per heavy atom. The van der Waals surface area contributed by atoms with Crippen molar-refractivity contribution in [1.82, 2.24) is 4.98 Å². The maximum Gasteiger partial charge on any atom is 0.496 e. The summed E-state index contributed by atoms with van der Waals surface area (Å²) in [4.78, 5) is 4.28. The summed E-state index contributed by atoms with van der Waals surface area (Å²) in [5.74, 6) is -0.284. The normalized spacial score (nSPS) is 20.6. The van der Waals surface area contributed by atoms with Crippen molar-refractivity contribution in [2.24, 2.45) is 0 Å². The van der Waals surface area contributed by atoms with Crippen LogP contribution in [-0.4, -0.2) is 23.3 Å². The van der Waals surface area contributed by atoms with Gasteiger partial charge in [0.15, 0.2) is 0 Å². The van der Waals surface area contributed by atoms with E-state index >= 15 is 0 Å². The number of halogens is 1. The topological polar surface area (TPSA) is 31.4 Å². The maximum atomic E-state index is 13.8. The van der Waals surface area contributed by atoms with Gasteiger partial charge in [0.05, 0.1) is 16.7 Å². The lowest BCUT2D eigenvalue weighted by atomic mass is 9.80. The molecule has 1 fully saturated rings. The predicted molar refractivity (Wildman–Crippen MR) is 77.4 cm³/mol. The lowest BCUT2D eigenvalue weighted by Gasteiger charge is -2.32. The molecule has 1 aliphatic rings. The van der Waals surface area contributed by atoms with Gasteiger partial charge in [-0.1, -0.05) is 6.07 Å². The first-order valence-corrected chi connectivity index (χ1v) is 6.70. The molecule has 1 saturated heterocycles. The molecule has 2 aromatic rings. The number of pyridine rings is 1. The van der Waals surface area contributed by atoms with Gasteiger partial charge >= 0.3 is 7.12 Å². The number of benzene rings is 1. The lowest BCUT2D eigenvalue weighted by molar-refractivity contribution is 0.00578. The molecule has 1 aromatic carbocycles. The molecule has 0 bridgehead atoms. The van der Waals surface area contributed by atoms with Gasteiger partial charge in [-0.2, -0.15) is 0 Å². The largest absolute Gasteiger partial charge is 0.496 e. The van der Waals surface area contributed by atoms with Crippen molar-refractivity contribution in [2.45, 2.75) is 38.9 Å². The Hall–Kier alpha value is -1.46. The van der Waals surface area contributed by atoms with E-state index in [1.54, 1.807) is 24.4 Å². The fourth-order valence-corrected chi connectivity index (χ4v) is 2.24. The number of hydrogen-bond donors (Lipinski definition) is 0. The first-order valence-electron chi connectivity index (χ1n) is 6.70. The Morgan fingerprint density at radius 3 is 2.40 bits per heavy atom. The fourth-order valence-electron chi connectivity index (χ4n) is 2.24. The van der Waals surface area contributed by atoms with Crippen LogP contribution in [-0.2, 0) is 9.31 Å². The minimum absolute atomic E-state index is 0.284. The van der Waals surface area contributed by atoms with Crippen LogP contribution in [0.1, 0.15) is 27.7 Å². The molecule has 0 saturated carbocycles. The zero-order valence-corrected chi connectivity index (χ0v) is 12.1. The molecule has 0 radical (unpaired) electrons. The van der Waals surface area contributed by atoms with Crippen molar-refractivity contribution in [3.05, 3.63) is 36.3 Å². The van der Waals surface area contributed by atoms with Crippen molar-refractivity contribution >= 4 is 23.5 Å². The highest BCUT2D eigenvalue weighted by atomic mass is 19.1. The van der Waals surface area contributed by atoms with Crippen LogP contribution in [0.3, 0.4) is 0 Å². The zero-order chi connectivity index (χ0) is 14.5. The molecular weight excluding hydrogens is 256 g/mol. The van der Waals surface area contributed by atoms with Gasteiger partial charge in [0.25, 0.3) is 0 Å². The van der Waals surface area contributed by atoms with Crippen LogP contribution in [0.4, 0.5) is 4.39 Å². The second-order valence-corrected chi connectivity index (χ2v) is 6.16. The molecule has 3 rings (SSSR count). The lowest BCUT2D eigenvalue weighted by Crippen LogP contribution is -2.41. The first kappa shape index (κ1) is 13.5. The quantitative estimate of drug-likeness (QED) is 0.748. The van der Waals surface area contributed by atoms with Crippen LogP contribution in [0, 0.1) is 5.82 Å². The van der Waals surface area contributed by atoms with E-state index in [0.29, 0.717) is 10.9 Å². The monoisotopic (exact) mass is 273 g/mol. The van der Waals surface area contributed by atoms with Crippen LogP contribution in [0.15, 0.2) is 30.5 Å². The minimum Gasteiger partial charge on any atom is -0.399 e. The predicted octanol–water partition coefficient (Wildman–Crippen LogP) is 2.67. The van der Waals surface area contributed by atoms with Crippen molar-refractivity contribution < 1.29 is 13.7 Å². The van der Waals surface area contributed by atoms with E-state index in [1.165, 1.54) is 6.07 Å². The fraction of sp³-hybridized carbons (Fsp3) is 0.400. The smallest absolute Gasteiger partial charge is 0.399 e. The van der Waals surface area contributed by atoms with Crippen molar-refractivity contribution in [3.63, 3.8) is 0 Å². The Bertz CT molecular complexity index is 656. The van der Waals surface area contributed by atoms with Crippen molar-refractivity contribution in [3.8, 4) is 0 Å². The van der Waals surface area contributed by atoms with Gasteiger partial charge in [-0.25, -0.2) is 4.39 Å². The zero-order valence-electron chi connectivity index (χ0n) is 12.1. The molecule has 3 nitrogen and oxygen atoms in total. The Morgan fingerprint density at radius 2 is 1.75 bits per heavy atom. The SMILES string of the molecule is CC1(C)OB(c2cnc3cccc(F)c3c2)OC1(C)C. The molecule has 5 heteroatoms. The molecule has 0 spiro atoms. The average molecular weight is 273 g/mol. The molecule has 2 heterocycles. The summed E-state index contributed by atoms with van der Waals surface area (Å²) in [5.41, 5.74) is 0.537. The van der Waals surface area contributed by atoms with Gasteiger partial charge in [0.2, 0.25) is 0 Å². The standard InChI is InChI=1S/C15H17BFNO2/c1-14(2)15(3,4)20-16(19-14)10-8-11-12(17)6-5-7-13(11)18-9-10/h5-9H,1-4H3. The van der Waals surface area contributed by atoms with Crippen LogP contribution in [0.25, 0.3) is 10.9 Å². The summed E-state index contributed by atoms with van der Waals surface area (Å²) < 4.78 is 25.7. The van der Waals surface area contributed by atoms with Crippen molar-refractivity contribution in [1.29, 1.82) is 0 Å². The highest BCUT2D eigenvalue weighted by molar-refractivity contribution is 6.62. The molecule has 0 unspecified atom stereocenters. The van der Waals surface area contributed by atoms with E-state index in [0.717, 1.165) is 5.46 Å². The number of nitrogens with zero attached hydrogens (tertiary/aromatic N) is 1. The van der Waals surface area contributed by atoms with Crippen LogP contribution in [0.2, 0.25) is 0 Å². The summed E-state index contributed by atoms with van der Waals surface area (Å²) in [6.45, 7) is 7.95. The summed E-state index contributed by atoms with van der Waals surface area (Å²) in [5, 5.41) is 0.486. The summed E-state index contributed by atoms with van der Waals surface area (Å²) >= 11 is 0. The molecule has 0 aliphatic carbocycles. The number of hydrogen-bond acceptors (Lipinski definition) is 3. The van der Waals surface area contributed by atoms with E-state index < -0.39 is 18.3 Å². The second kappa shape index (κ2) is 4.27. The van der Waals surface area contributed by atoms with Gasteiger partial charge in [0.1, 0.15) is 5.82 Å². The van der Waals surface area contributed by atoms with Crippen LogP contribution < -0.4 is 5.46 Å². The average Bonchev–Trinajstić information content (AvgIpc) is 2.59. The van der Waals surface area contributed by atoms with Gasteiger partial charge in [0, 0.05) is 17.0 Å².